The number of hydrogen-bond donors (Lipinski definition) is 0. The van der Waals surface area contributed by atoms with Crippen LogP contribution in [0.2, 0.25) is 0 Å². The number of carbonyl (C=O) groups excluding carboxylic acids is 2. The lowest BCUT2D eigenvalue weighted by Gasteiger charge is -2.41. The molecule has 0 saturated carbocycles. The van der Waals surface area contributed by atoms with Gasteiger partial charge in [0.15, 0.2) is 0 Å². The van der Waals surface area contributed by atoms with Crippen LogP contribution in [0.15, 0.2) is 66.1 Å². The average Bonchev–Trinajstić information content (AvgIpc) is 3.13. The molecule has 2 heterocycles. The lowest BCUT2D eigenvalue weighted by atomic mass is 10.1. The van der Waals surface area contributed by atoms with E-state index in [2.05, 4.69) is 12.1 Å². The Morgan fingerprint density at radius 2 is 1.85 bits per heavy atom. The van der Waals surface area contributed by atoms with Gasteiger partial charge in [-0.1, -0.05) is 48.5 Å². The van der Waals surface area contributed by atoms with Crippen LogP contribution in [0.3, 0.4) is 0 Å². The molecular formula is C21H20N2O2S. The zero-order chi connectivity index (χ0) is 18.1. The number of urea groups is 1. The van der Waals surface area contributed by atoms with Crippen molar-refractivity contribution in [2.75, 3.05) is 11.4 Å². The Bertz CT molecular complexity index is 865. The zero-order valence-corrected chi connectivity index (χ0v) is 15.4. The molecule has 2 aliphatic rings. The first kappa shape index (κ1) is 16.9. The van der Waals surface area contributed by atoms with Crippen molar-refractivity contribution in [3.63, 3.8) is 0 Å². The van der Waals surface area contributed by atoms with Gasteiger partial charge in [-0.2, -0.15) is 0 Å². The number of hydrogen-bond acceptors (Lipinski definition) is 3. The Morgan fingerprint density at radius 1 is 1.04 bits per heavy atom. The smallest absolute Gasteiger partial charge is 0.316 e. The predicted molar refractivity (Wildman–Crippen MR) is 105 cm³/mol. The standard InChI is InChI=1S/C21H20N2O2S/c1-15-6-5-9-17(14-15)23-20(24)19-18(11-13-26-19)22(21(23)25)12-10-16-7-3-2-4-8-16/h2-9,11,13-14,18-19H,10,12H2,1H3. The predicted octanol–water partition coefficient (Wildman–Crippen LogP) is 4.00. The van der Waals surface area contributed by atoms with Gasteiger partial charge in [-0.15, -0.1) is 11.8 Å². The molecule has 4 nitrogen and oxygen atoms in total. The van der Waals surface area contributed by atoms with Crippen molar-refractivity contribution in [1.82, 2.24) is 4.90 Å². The molecule has 2 aromatic rings. The molecule has 1 fully saturated rings. The molecule has 2 aromatic carbocycles. The molecule has 2 aliphatic heterocycles. The van der Waals surface area contributed by atoms with E-state index in [1.54, 1.807) is 0 Å². The summed E-state index contributed by atoms with van der Waals surface area (Å²) in [6, 6.07) is 17.3. The topological polar surface area (TPSA) is 40.6 Å². The molecule has 0 N–H and O–H groups in total. The molecule has 4 rings (SSSR count). The SMILES string of the molecule is Cc1cccc(N2C(=O)C3SC=CC3N(CCc3ccccc3)C2=O)c1. The Kier molecular flexibility index (Phi) is 4.55. The summed E-state index contributed by atoms with van der Waals surface area (Å²) < 4.78 is 0. The van der Waals surface area contributed by atoms with Gasteiger partial charge in [0.2, 0.25) is 0 Å². The van der Waals surface area contributed by atoms with Gasteiger partial charge >= 0.3 is 6.03 Å². The van der Waals surface area contributed by atoms with Crippen LogP contribution in [0.25, 0.3) is 0 Å². The second-order valence-electron chi connectivity index (χ2n) is 6.60. The lowest BCUT2D eigenvalue weighted by molar-refractivity contribution is -0.119. The van der Waals surface area contributed by atoms with Crippen LogP contribution in [0.1, 0.15) is 11.1 Å². The molecule has 0 spiro atoms. The highest BCUT2D eigenvalue weighted by atomic mass is 32.2. The van der Waals surface area contributed by atoms with Crippen LogP contribution in [0.4, 0.5) is 10.5 Å². The van der Waals surface area contributed by atoms with Crippen LogP contribution < -0.4 is 4.90 Å². The fourth-order valence-electron chi connectivity index (χ4n) is 3.48. The highest BCUT2D eigenvalue weighted by molar-refractivity contribution is 8.03. The summed E-state index contributed by atoms with van der Waals surface area (Å²) in [5.41, 5.74) is 2.86. The van der Waals surface area contributed by atoms with E-state index in [-0.39, 0.29) is 23.2 Å². The molecule has 1 saturated heterocycles. The van der Waals surface area contributed by atoms with E-state index in [0.717, 1.165) is 12.0 Å². The largest absolute Gasteiger partial charge is 0.331 e. The summed E-state index contributed by atoms with van der Waals surface area (Å²) in [5.74, 6) is -0.128. The summed E-state index contributed by atoms with van der Waals surface area (Å²) in [7, 11) is 0. The summed E-state index contributed by atoms with van der Waals surface area (Å²) in [5, 5.41) is 1.68. The number of carbonyl (C=O) groups is 2. The molecule has 0 bridgehead atoms. The van der Waals surface area contributed by atoms with E-state index in [9.17, 15) is 9.59 Å². The second kappa shape index (κ2) is 7.00. The van der Waals surface area contributed by atoms with Gasteiger partial charge < -0.3 is 4.90 Å². The molecule has 132 valence electrons. The molecule has 2 atom stereocenters. The van der Waals surface area contributed by atoms with Gasteiger partial charge in [0.25, 0.3) is 5.91 Å². The van der Waals surface area contributed by atoms with Gasteiger partial charge in [0.05, 0.1) is 11.7 Å². The Balaban J connectivity index is 1.63. The monoisotopic (exact) mass is 364 g/mol. The first-order valence-corrected chi connectivity index (χ1v) is 9.67. The van der Waals surface area contributed by atoms with E-state index in [4.69, 9.17) is 0 Å². The quantitative estimate of drug-likeness (QED) is 0.823. The van der Waals surface area contributed by atoms with E-state index in [1.807, 2.05) is 65.8 Å². The van der Waals surface area contributed by atoms with E-state index in [0.29, 0.717) is 12.2 Å². The van der Waals surface area contributed by atoms with E-state index >= 15 is 0 Å². The highest BCUT2D eigenvalue weighted by Crippen LogP contribution is 2.36. The van der Waals surface area contributed by atoms with Gasteiger partial charge in [-0.05, 0) is 42.0 Å². The number of rotatable bonds is 4. The summed E-state index contributed by atoms with van der Waals surface area (Å²) >= 11 is 1.50. The third-order valence-electron chi connectivity index (χ3n) is 4.82. The molecule has 0 aliphatic carbocycles. The van der Waals surface area contributed by atoms with Crippen LogP contribution in [0, 0.1) is 6.92 Å². The number of thioether (sulfide) groups is 1. The first-order valence-electron chi connectivity index (χ1n) is 8.72. The Morgan fingerprint density at radius 3 is 2.62 bits per heavy atom. The minimum atomic E-state index is -0.260. The van der Waals surface area contributed by atoms with Crippen molar-refractivity contribution in [3.8, 4) is 0 Å². The van der Waals surface area contributed by atoms with Crippen LogP contribution in [-0.4, -0.2) is 34.7 Å². The van der Waals surface area contributed by atoms with Gasteiger partial charge in [0.1, 0.15) is 5.25 Å². The summed E-state index contributed by atoms with van der Waals surface area (Å²) in [6.07, 6.45) is 2.74. The number of aryl methyl sites for hydroxylation is 1. The van der Waals surface area contributed by atoms with Crippen molar-refractivity contribution in [2.45, 2.75) is 24.6 Å². The summed E-state index contributed by atoms with van der Waals surface area (Å²) in [6.45, 7) is 2.55. The van der Waals surface area contributed by atoms with Crippen molar-refractivity contribution in [1.29, 1.82) is 0 Å². The van der Waals surface area contributed by atoms with Crippen molar-refractivity contribution >= 4 is 29.4 Å². The molecular weight excluding hydrogens is 344 g/mol. The van der Waals surface area contributed by atoms with Crippen LogP contribution in [-0.2, 0) is 11.2 Å². The zero-order valence-electron chi connectivity index (χ0n) is 14.5. The van der Waals surface area contributed by atoms with Gasteiger partial charge in [-0.25, -0.2) is 9.69 Å². The van der Waals surface area contributed by atoms with Crippen LogP contribution in [0.5, 0.6) is 0 Å². The highest BCUT2D eigenvalue weighted by Gasteiger charge is 2.47. The molecule has 5 heteroatoms. The number of amides is 3. The second-order valence-corrected chi connectivity index (χ2v) is 7.65. The lowest BCUT2D eigenvalue weighted by Crippen LogP contribution is -2.62. The summed E-state index contributed by atoms with van der Waals surface area (Å²) in [4.78, 5) is 29.3. The number of benzene rings is 2. The third kappa shape index (κ3) is 3.03. The van der Waals surface area contributed by atoms with Crippen molar-refractivity contribution in [3.05, 3.63) is 77.2 Å². The maximum Gasteiger partial charge on any atom is 0.331 e. The average molecular weight is 364 g/mol. The number of imide groups is 1. The molecule has 26 heavy (non-hydrogen) atoms. The number of fused-ring (bicyclic) bond motifs is 1. The first-order chi connectivity index (χ1) is 12.6. The fraction of sp³-hybridized carbons (Fsp3) is 0.238. The Hall–Kier alpha value is -2.53. The maximum atomic E-state index is 13.2. The molecule has 2 unspecified atom stereocenters. The van der Waals surface area contributed by atoms with Gasteiger partial charge in [0, 0.05) is 6.54 Å². The maximum absolute atomic E-state index is 13.2. The van der Waals surface area contributed by atoms with Crippen molar-refractivity contribution < 1.29 is 9.59 Å². The molecule has 0 radical (unpaired) electrons. The molecule has 3 amide bonds. The number of anilines is 1. The van der Waals surface area contributed by atoms with E-state index < -0.39 is 0 Å². The fourth-order valence-corrected chi connectivity index (χ4v) is 4.53. The van der Waals surface area contributed by atoms with E-state index in [1.165, 1.54) is 22.2 Å². The third-order valence-corrected chi connectivity index (χ3v) is 5.90. The Labute approximate surface area is 157 Å². The minimum absolute atomic E-state index is 0.128. The normalized spacial score (nSPS) is 22.0. The van der Waals surface area contributed by atoms with Gasteiger partial charge in [-0.3, -0.25) is 4.79 Å². The number of nitrogens with zero attached hydrogens (tertiary/aromatic N) is 2. The van der Waals surface area contributed by atoms with Crippen molar-refractivity contribution in [2.24, 2.45) is 0 Å². The van der Waals surface area contributed by atoms with Crippen LogP contribution >= 0.6 is 11.8 Å². The minimum Gasteiger partial charge on any atom is -0.316 e. The molecule has 0 aromatic heterocycles.